The number of carboxylic acids is 1. The molecule has 0 unspecified atom stereocenters. The Morgan fingerprint density at radius 3 is 1.65 bits per heavy atom. The number of amides is 6. The number of carbonyl (C=O) groups excluding carboxylic acids is 6. The van der Waals surface area contributed by atoms with Gasteiger partial charge in [0.1, 0.15) is 30.2 Å². The number of aliphatic hydroxyl groups excluding tert-OH is 1. The summed E-state index contributed by atoms with van der Waals surface area (Å²) < 4.78 is 0. The van der Waals surface area contributed by atoms with E-state index < -0.39 is 91.3 Å². The Morgan fingerprint density at radius 2 is 1.16 bits per heavy atom. The quantitative estimate of drug-likeness (QED) is 0.0232. The zero-order valence-corrected chi connectivity index (χ0v) is 30.6. The first-order valence-electron chi connectivity index (χ1n) is 17.5. The van der Waals surface area contributed by atoms with Crippen LogP contribution in [0.15, 0.2) is 15.0 Å². The summed E-state index contributed by atoms with van der Waals surface area (Å²) in [4.78, 5) is 102. The summed E-state index contributed by atoms with van der Waals surface area (Å²) in [7, 11) is 0. The average Bonchev–Trinajstić information content (AvgIpc) is 3.62. The molecular weight excluding hydrogens is 728 g/mol. The van der Waals surface area contributed by atoms with Crippen molar-refractivity contribution in [3.05, 3.63) is 0 Å². The summed E-state index contributed by atoms with van der Waals surface area (Å²) in [5.74, 6) is -6.32. The van der Waals surface area contributed by atoms with Crippen LogP contribution in [0, 0.1) is 0 Å². The van der Waals surface area contributed by atoms with Crippen LogP contribution in [0.3, 0.4) is 0 Å². The second-order valence-electron chi connectivity index (χ2n) is 12.4. The number of hydrogen-bond acceptors (Lipinski definition) is 12. The van der Waals surface area contributed by atoms with Gasteiger partial charge in [0.15, 0.2) is 17.9 Å². The fraction of sp³-hybridized carbons (Fsp3) is 0.667. The lowest BCUT2D eigenvalue weighted by molar-refractivity contribution is -0.144. The number of aliphatic carboxylic acids is 1. The van der Waals surface area contributed by atoms with Crippen LogP contribution in [-0.2, 0) is 33.6 Å². The van der Waals surface area contributed by atoms with Gasteiger partial charge in [-0.2, -0.15) is 0 Å². The molecule has 25 nitrogen and oxygen atoms in total. The Bertz CT molecular complexity index is 1410. The summed E-state index contributed by atoms with van der Waals surface area (Å²) in [6.07, 6.45) is 1.39. The van der Waals surface area contributed by atoms with Crippen LogP contribution in [-0.4, -0.2) is 150 Å². The first kappa shape index (κ1) is 47.0. The molecule has 25 heteroatoms. The van der Waals surface area contributed by atoms with Crippen molar-refractivity contribution < 1.29 is 43.8 Å². The Morgan fingerprint density at radius 1 is 0.673 bits per heavy atom. The molecule has 0 saturated carbocycles. The maximum Gasteiger partial charge on any atom is 0.326 e. The molecule has 21 N–H and O–H groups in total. The number of guanidine groups is 3. The highest BCUT2D eigenvalue weighted by Gasteiger charge is 2.36. The van der Waals surface area contributed by atoms with Crippen LogP contribution in [0.1, 0.15) is 51.4 Å². The minimum Gasteiger partial charge on any atom is -0.480 e. The maximum absolute atomic E-state index is 13.5. The van der Waals surface area contributed by atoms with Crippen molar-refractivity contribution in [3.63, 3.8) is 0 Å². The van der Waals surface area contributed by atoms with Crippen molar-refractivity contribution in [2.45, 2.75) is 81.6 Å². The molecule has 1 heterocycles. The van der Waals surface area contributed by atoms with Crippen molar-refractivity contribution in [1.82, 2.24) is 31.5 Å². The summed E-state index contributed by atoms with van der Waals surface area (Å²) in [5, 5.41) is 30.8. The van der Waals surface area contributed by atoms with Gasteiger partial charge in [0.25, 0.3) is 0 Å². The lowest BCUT2D eigenvalue weighted by Gasteiger charge is -2.26. The Hall–Kier alpha value is -5.98. The third-order valence-corrected chi connectivity index (χ3v) is 7.98. The van der Waals surface area contributed by atoms with Crippen LogP contribution in [0.4, 0.5) is 0 Å². The third-order valence-electron chi connectivity index (χ3n) is 7.98. The van der Waals surface area contributed by atoms with E-state index in [1.54, 1.807) is 0 Å². The van der Waals surface area contributed by atoms with Crippen LogP contribution in [0.25, 0.3) is 0 Å². The third kappa shape index (κ3) is 19.1. The monoisotopic (exact) mass is 784 g/mol. The highest BCUT2D eigenvalue weighted by molar-refractivity contribution is 5.95. The van der Waals surface area contributed by atoms with E-state index in [0.717, 1.165) is 0 Å². The molecule has 55 heavy (non-hydrogen) atoms. The van der Waals surface area contributed by atoms with Gasteiger partial charge in [-0.15, -0.1) is 0 Å². The number of likely N-dealkylation sites (tertiary alicyclic amines) is 1. The van der Waals surface area contributed by atoms with Crippen LogP contribution < -0.4 is 66.7 Å². The van der Waals surface area contributed by atoms with E-state index in [0.29, 0.717) is 6.42 Å². The molecule has 0 aromatic rings. The van der Waals surface area contributed by atoms with Crippen molar-refractivity contribution >= 4 is 59.3 Å². The molecule has 6 amide bonds. The Kier molecular flexibility index (Phi) is 21.5. The Balaban J connectivity index is 3.04. The summed E-state index contributed by atoms with van der Waals surface area (Å²) >= 11 is 0. The smallest absolute Gasteiger partial charge is 0.326 e. The fourth-order valence-electron chi connectivity index (χ4n) is 5.20. The largest absolute Gasteiger partial charge is 0.480 e. The minimum absolute atomic E-state index is 0.00328. The molecule has 0 spiro atoms. The molecule has 1 aliphatic rings. The SMILES string of the molecule is NC(N)=NCCC[C@H](NC(=O)[C@@H]1CCCN1C(=O)CNC(=O)[C@H](CCCN=C(N)N)NC(=O)[C@H](CCCN=C(N)N)NC(=O)CNC(=O)[C@@H](N)CO)C(=O)O. The van der Waals surface area contributed by atoms with Gasteiger partial charge in [0.05, 0.1) is 19.7 Å². The summed E-state index contributed by atoms with van der Waals surface area (Å²) in [6.45, 7) is -1.31. The predicted octanol–water partition coefficient (Wildman–Crippen LogP) is -7.77. The molecule has 5 atom stereocenters. The number of nitrogens with zero attached hydrogens (tertiary/aromatic N) is 4. The van der Waals surface area contributed by atoms with E-state index in [1.807, 2.05) is 0 Å². The van der Waals surface area contributed by atoms with Gasteiger partial charge >= 0.3 is 5.97 Å². The van der Waals surface area contributed by atoms with Crippen molar-refractivity contribution in [1.29, 1.82) is 0 Å². The molecule has 0 aliphatic carbocycles. The van der Waals surface area contributed by atoms with Crippen LogP contribution >= 0.6 is 0 Å². The van der Waals surface area contributed by atoms with E-state index in [4.69, 9.17) is 45.2 Å². The maximum atomic E-state index is 13.5. The molecular formula is C30H56N16O9. The zero-order chi connectivity index (χ0) is 41.5. The minimum atomic E-state index is -1.28. The van der Waals surface area contributed by atoms with Gasteiger partial charge in [-0.1, -0.05) is 0 Å². The van der Waals surface area contributed by atoms with E-state index in [2.05, 4.69) is 41.6 Å². The van der Waals surface area contributed by atoms with E-state index in [1.165, 1.54) is 4.90 Å². The van der Waals surface area contributed by atoms with Crippen LogP contribution in [0.2, 0.25) is 0 Å². The number of nitrogens with one attached hydrogen (secondary N) is 5. The molecule has 1 rings (SSSR count). The summed E-state index contributed by atoms with van der Waals surface area (Å²) in [6, 6.07) is -6.03. The van der Waals surface area contributed by atoms with Gasteiger partial charge in [-0.3, -0.25) is 43.7 Å². The first-order valence-corrected chi connectivity index (χ1v) is 17.5. The fourth-order valence-corrected chi connectivity index (χ4v) is 5.20. The number of carbonyl (C=O) groups is 7. The van der Waals surface area contributed by atoms with Crippen molar-refractivity contribution in [3.8, 4) is 0 Å². The molecule has 0 bridgehead atoms. The summed E-state index contributed by atoms with van der Waals surface area (Å²) in [5.41, 5.74) is 37.5. The number of carboxylic acid groups (broad SMARTS) is 1. The number of nitrogens with two attached hydrogens (primary N) is 7. The van der Waals surface area contributed by atoms with Gasteiger partial charge in [-0.05, 0) is 51.4 Å². The van der Waals surface area contributed by atoms with E-state index in [9.17, 15) is 38.7 Å². The molecule has 0 aromatic heterocycles. The second kappa shape index (κ2) is 25.1. The lowest BCUT2D eigenvalue weighted by atomic mass is 10.1. The van der Waals surface area contributed by atoms with Gasteiger partial charge < -0.3 is 81.8 Å². The van der Waals surface area contributed by atoms with Gasteiger partial charge in [0.2, 0.25) is 35.4 Å². The van der Waals surface area contributed by atoms with E-state index >= 15 is 0 Å². The molecule has 1 fully saturated rings. The van der Waals surface area contributed by atoms with Crippen molar-refractivity contribution in [2.75, 3.05) is 45.9 Å². The average molecular weight is 785 g/mol. The molecule has 0 radical (unpaired) electrons. The normalized spacial score (nSPS) is 15.5. The number of rotatable bonds is 25. The second-order valence-corrected chi connectivity index (χ2v) is 12.4. The van der Waals surface area contributed by atoms with Crippen molar-refractivity contribution in [2.24, 2.45) is 55.1 Å². The highest BCUT2D eigenvalue weighted by Crippen LogP contribution is 2.18. The topological polar surface area (TPSA) is 443 Å². The van der Waals surface area contributed by atoms with Gasteiger partial charge in [-0.25, -0.2) is 4.79 Å². The number of hydrogen-bond donors (Lipinski definition) is 14. The molecule has 1 aliphatic heterocycles. The molecule has 1 saturated heterocycles. The standard InChI is InChI=1S/C30H56N16O9/c31-16(15-47)23(50)41-13-21(48)43-18(6-2-10-39-29(34)35)25(52)44-17(5-1-9-38-28(32)33)24(51)42-14-22(49)46-12-4-8-20(46)26(53)45-19(27(54)55)7-3-11-40-30(36)37/h16-20,47H,1-15,31H2,(H,41,50)(H,42,51)(H,43,48)(H,44,52)(H,45,53)(H,54,55)(H4,32,33,38)(H4,34,35,39)(H4,36,37,40)/t16-,17-,18-,19-,20-/m0/s1. The number of aliphatic hydroxyl groups is 1. The molecule has 0 aromatic carbocycles. The zero-order valence-electron chi connectivity index (χ0n) is 30.6. The highest BCUT2D eigenvalue weighted by atomic mass is 16.4. The number of aliphatic imine (C=N–C) groups is 3. The first-order chi connectivity index (χ1) is 26.0. The lowest BCUT2D eigenvalue weighted by Crippen LogP contribution is -2.56. The van der Waals surface area contributed by atoms with Crippen LogP contribution in [0.5, 0.6) is 0 Å². The molecule has 310 valence electrons. The predicted molar refractivity (Wildman–Crippen MR) is 199 cm³/mol. The Labute approximate surface area is 317 Å². The van der Waals surface area contributed by atoms with Gasteiger partial charge in [0, 0.05) is 26.2 Å². The van der Waals surface area contributed by atoms with E-state index in [-0.39, 0.29) is 89.0 Å².